The Morgan fingerprint density at radius 3 is 2.83 bits per heavy atom. The fourth-order valence-corrected chi connectivity index (χ4v) is 3.39. The second kappa shape index (κ2) is 10.3. The number of aliphatic imine (C=N–C) groups is 1. The number of benzene rings is 2. The van der Waals surface area contributed by atoms with Gasteiger partial charge in [0.2, 0.25) is 17.0 Å². The molecule has 0 aromatic heterocycles. The number of nitrogens with one attached hydrogen (secondary N) is 1. The molecule has 2 aromatic rings. The second-order valence-corrected chi connectivity index (χ2v) is 7.69. The number of para-hydroxylation sites is 1. The summed E-state index contributed by atoms with van der Waals surface area (Å²) in [6.07, 6.45) is 1.74. The topological polar surface area (TPSA) is 66.3 Å². The van der Waals surface area contributed by atoms with Crippen LogP contribution < -0.4 is 10.1 Å². The third-order valence-electron chi connectivity index (χ3n) is 3.62. The van der Waals surface area contributed by atoms with Crippen molar-refractivity contribution in [3.8, 4) is 5.75 Å². The molecule has 0 atom stereocenters. The van der Waals surface area contributed by atoms with E-state index in [0.717, 1.165) is 0 Å². The maximum atomic E-state index is 12.3. The number of hydrazone groups is 1. The number of amides is 1. The standard InChI is InChI=1S/C20H18Cl2N4O2S/c1-2-10-26-12-19(28-15-6-4-3-5-7-15)24-20(25-26)29-13-18(27)23-17-11-14(21)8-9-16(17)22/h2-9,11H,1,10,12-13H2,(H,23,27). The van der Waals surface area contributed by atoms with Gasteiger partial charge in [-0.1, -0.05) is 59.2 Å². The smallest absolute Gasteiger partial charge is 0.234 e. The van der Waals surface area contributed by atoms with Crippen LogP contribution in [0.25, 0.3) is 0 Å². The predicted molar refractivity (Wildman–Crippen MR) is 121 cm³/mol. The van der Waals surface area contributed by atoms with E-state index in [1.807, 2.05) is 30.3 Å². The maximum absolute atomic E-state index is 12.3. The second-order valence-electron chi connectivity index (χ2n) is 5.90. The largest absolute Gasteiger partial charge is 0.441 e. The molecule has 9 heteroatoms. The summed E-state index contributed by atoms with van der Waals surface area (Å²) in [7, 11) is 0. The van der Waals surface area contributed by atoms with Crippen LogP contribution in [0.2, 0.25) is 10.0 Å². The van der Waals surface area contributed by atoms with Crippen LogP contribution in [0, 0.1) is 0 Å². The van der Waals surface area contributed by atoms with Crippen LogP contribution in [0.4, 0.5) is 5.69 Å². The zero-order chi connectivity index (χ0) is 20.6. The molecule has 0 fully saturated rings. The van der Waals surface area contributed by atoms with E-state index in [4.69, 9.17) is 27.9 Å². The van der Waals surface area contributed by atoms with Crippen molar-refractivity contribution in [2.75, 3.05) is 24.2 Å². The summed E-state index contributed by atoms with van der Waals surface area (Å²) in [6.45, 7) is 4.68. The fourth-order valence-electron chi connectivity index (χ4n) is 2.38. The minimum Gasteiger partial charge on any atom is -0.441 e. The average molecular weight is 449 g/mol. The van der Waals surface area contributed by atoms with Gasteiger partial charge in [-0.05, 0) is 30.3 Å². The van der Waals surface area contributed by atoms with Gasteiger partial charge in [-0.15, -0.1) is 11.7 Å². The van der Waals surface area contributed by atoms with Gasteiger partial charge in [-0.2, -0.15) is 4.99 Å². The number of ether oxygens (including phenoxy) is 1. The Hall–Kier alpha value is -2.48. The normalized spacial score (nSPS) is 13.4. The Morgan fingerprint density at radius 1 is 1.28 bits per heavy atom. The molecule has 29 heavy (non-hydrogen) atoms. The lowest BCUT2D eigenvalue weighted by atomic mass is 10.3. The summed E-state index contributed by atoms with van der Waals surface area (Å²) in [5.74, 6) is 1.04. The van der Waals surface area contributed by atoms with Gasteiger partial charge in [0.1, 0.15) is 12.3 Å². The molecule has 1 aliphatic heterocycles. The van der Waals surface area contributed by atoms with Crippen molar-refractivity contribution >= 4 is 57.6 Å². The summed E-state index contributed by atoms with van der Waals surface area (Å²) < 4.78 is 5.84. The number of thioether (sulfide) groups is 1. The molecule has 0 saturated heterocycles. The SMILES string of the molecule is C=CCN1CC(Oc2ccccc2)=NC(SCC(=O)Nc2cc(Cl)ccc2Cl)=N1. The quantitative estimate of drug-likeness (QED) is 0.637. The van der Waals surface area contributed by atoms with Crippen molar-refractivity contribution < 1.29 is 9.53 Å². The van der Waals surface area contributed by atoms with E-state index in [1.54, 1.807) is 29.3 Å². The summed E-state index contributed by atoms with van der Waals surface area (Å²) in [5.41, 5.74) is 0.459. The Balaban J connectivity index is 1.64. The molecule has 0 spiro atoms. The van der Waals surface area contributed by atoms with E-state index in [9.17, 15) is 4.79 Å². The molecule has 1 amide bonds. The lowest BCUT2D eigenvalue weighted by Gasteiger charge is -2.23. The van der Waals surface area contributed by atoms with Crippen molar-refractivity contribution in [2.24, 2.45) is 10.1 Å². The van der Waals surface area contributed by atoms with Gasteiger partial charge in [0, 0.05) is 5.02 Å². The summed E-state index contributed by atoms with van der Waals surface area (Å²) in [4.78, 5) is 16.7. The molecule has 0 unspecified atom stereocenters. The average Bonchev–Trinajstić information content (AvgIpc) is 2.70. The molecule has 3 rings (SSSR count). The monoisotopic (exact) mass is 448 g/mol. The molecule has 1 aliphatic rings. The summed E-state index contributed by atoms with van der Waals surface area (Å²) in [5, 5.41) is 10.3. The molecular weight excluding hydrogens is 431 g/mol. The van der Waals surface area contributed by atoms with Gasteiger partial charge in [-0.3, -0.25) is 9.80 Å². The number of hydrogen-bond donors (Lipinski definition) is 1. The van der Waals surface area contributed by atoms with Crippen LogP contribution in [0.1, 0.15) is 0 Å². The van der Waals surface area contributed by atoms with E-state index in [0.29, 0.717) is 45.6 Å². The van der Waals surface area contributed by atoms with Crippen molar-refractivity contribution in [2.45, 2.75) is 0 Å². The Bertz CT molecular complexity index is 951. The van der Waals surface area contributed by atoms with E-state index < -0.39 is 0 Å². The van der Waals surface area contributed by atoms with Crippen molar-refractivity contribution in [3.05, 3.63) is 71.2 Å². The van der Waals surface area contributed by atoms with Crippen molar-refractivity contribution in [1.82, 2.24) is 5.01 Å². The highest BCUT2D eigenvalue weighted by molar-refractivity contribution is 8.14. The highest BCUT2D eigenvalue weighted by Crippen LogP contribution is 2.25. The minimum atomic E-state index is -0.247. The minimum absolute atomic E-state index is 0.103. The molecule has 2 aromatic carbocycles. The lowest BCUT2D eigenvalue weighted by Crippen LogP contribution is -2.33. The third-order valence-corrected chi connectivity index (χ3v) is 5.02. The van der Waals surface area contributed by atoms with Crippen molar-refractivity contribution in [1.29, 1.82) is 0 Å². The van der Waals surface area contributed by atoms with E-state index >= 15 is 0 Å². The first-order valence-corrected chi connectivity index (χ1v) is 10.4. The van der Waals surface area contributed by atoms with E-state index in [-0.39, 0.29) is 11.7 Å². The van der Waals surface area contributed by atoms with Crippen LogP contribution in [0.5, 0.6) is 5.75 Å². The Morgan fingerprint density at radius 2 is 2.07 bits per heavy atom. The molecule has 6 nitrogen and oxygen atoms in total. The number of nitrogens with zero attached hydrogens (tertiary/aromatic N) is 3. The maximum Gasteiger partial charge on any atom is 0.234 e. The molecular formula is C20H18Cl2N4O2S. The first-order chi connectivity index (χ1) is 14.0. The molecule has 0 saturated carbocycles. The third kappa shape index (κ3) is 6.52. The lowest BCUT2D eigenvalue weighted by molar-refractivity contribution is -0.113. The number of rotatable bonds is 6. The number of anilines is 1. The van der Waals surface area contributed by atoms with Gasteiger partial charge in [-0.25, -0.2) is 0 Å². The van der Waals surface area contributed by atoms with Gasteiger partial charge >= 0.3 is 0 Å². The molecule has 150 valence electrons. The number of hydrogen-bond acceptors (Lipinski definition) is 6. The Kier molecular flexibility index (Phi) is 7.57. The highest BCUT2D eigenvalue weighted by atomic mass is 35.5. The van der Waals surface area contributed by atoms with Gasteiger partial charge in [0.05, 0.1) is 23.0 Å². The number of halogens is 2. The predicted octanol–water partition coefficient (Wildman–Crippen LogP) is 4.92. The van der Waals surface area contributed by atoms with Crippen LogP contribution in [-0.4, -0.2) is 40.8 Å². The zero-order valence-corrected chi connectivity index (χ0v) is 17.7. The first-order valence-electron chi connectivity index (χ1n) is 8.66. The van der Waals surface area contributed by atoms with Crippen molar-refractivity contribution in [3.63, 3.8) is 0 Å². The molecule has 0 aliphatic carbocycles. The van der Waals surface area contributed by atoms with Crippen LogP contribution in [-0.2, 0) is 4.79 Å². The zero-order valence-electron chi connectivity index (χ0n) is 15.3. The van der Waals surface area contributed by atoms with E-state index in [1.165, 1.54) is 11.8 Å². The fraction of sp³-hybridized carbons (Fsp3) is 0.150. The number of amidine groups is 1. The van der Waals surface area contributed by atoms with E-state index in [2.05, 4.69) is 22.0 Å². The Labute approximate surface area is 183 Å². The first kappa shape index (κ1) is 21.2. The van der Waals surface area contributed by atoms with Crippen LogP contribution in [0.15, 0.2) is 71.3 Å². The summed E-state index contributed by atoms with van der Waals surface area (Å²) in [6, 6.07) is 14.3. The van der Waals surface area contributed by atoms with Crippen LogP contribution >= 0.6 is 35.0 Å². The van der Waals surface area contributed by atoms with Crippen LogP contribution in [0.3, 0.4) is 0 Å². The number of carbonyl (C=O) groups excluding carboxylic acids is 1. The van der Waals surface area contributed by atoms with Gasteiger partial charge in [0.25, 0.3) is 0 Å². The molecule has 0 radical (unpaired) electrons. The molecule has 1 N–H and O–H groups in total. The molecule has 0 bridgehead atoms. The highest BCUT2D eigenvalue weighted by Gasteiger charge is 2.18. The van der Waals surface area contributed by atoms with Gasteiger partial charge < -0.3 is 10.1 Å². The summed E-state index contributed by atoms with van der Waals surface area (Å²) >= 11 is 13.2. The molecule has 1 heterocycles. The van der Waals surface area contributed by atoms with Gasteiger partial charge in [0.15, 0.2) is 0 Å². The number of carbonyl (C=O) groups is 1.